The van der Waals surface area contributed by atoms with Crippen LogP contribution >= 0.6 is 15.9 Å². The first-order chi connectivity index (χ1) is 7.31. The van der Waals surface area contributed by atoms with Crippen molar-refractivity contribution in [3.63, 3.8) is 0 Å². The lowest BCUT2D eigenvalue weighted by Crippen LogP contribution is -2.36. The monoisotopic (exact) mass is 287 g/mol. The van der Waals surface area contributed by atoms with Gasteiger partial charge in [0, 0.05) is 17.8 Å². The molecule has 0 spiro atoms. The van der Waals surface area contributed by atoms with Gasteiger partial charge in [0.1, 0.15) is 0 Å². The van der Waals surface area contributed by atoms with Crippen LogP contribution < -0.4 is 5.32 Å². The maximum atomic E-state index is 4.49. The van der Waals surface area contributed by atoms with Crippen molar-refractivity contribution in [2.45, 2.75) is 53.1 Å². The first-order valence-electron chi connectivity index (χ1n) is 5.76. The topological polar surface area (TPSA) is 29.9 Å². The Balaban J connectivity index is 2.41. The Bertz CT molecular complexity index is 350. The summed E-state index contributed by atoms with van der Waals surface area (Å²) >= 11 is 3.54. The molecule has 0 atom stereocenters. The number of nitrogens with zero attached hydrogens (tertiary/aromatic N) is 2. The van der Waals surface area contributed by atoms with E-state index >= 15 is 0 Å². The van der Waals surface area contributed by atoms with Crippen LogP contribution in [-0.2, 0) is 6.54 Å². The van der Waals surface area contributed by atoms with E-state index < -0.39 is 0 Å². The van der Waals surface area contributed by atoms with E-state index in [1.165, 1.54) is 5.69 Å². The number of nitrogens with one attached hydrogen (secondary N) is 1. The summed E-state index contributed by atoms with van der Waals surface area (Å²) in [5.41, 5.74) is 2.49. The fourth-order valence-corrected chi connectivity index (χ4v) is 1.87. The number of aryl methyl sites for hydroxylation is 2. The van der Waals surface area contributed by atoms with Crippen LogP contribution in [0.1, 0.15) is 38.6 Å². The number of aromatic nitrogens is 2. The predicted molar refractivity (Wildman–Crippen MR) is 71.8 cm³/mol. The van der Waals surface area contributed by atoms with Crippen LogP contribution in [0.3, 0.4) is 0 Å². The zero-order valence-corrected chi connectivity index (χ0v) is 12.5. The fourth-order valence-electron chi connectivity index (χ4n) is 1.58. The van der Waals surface area contributed by atoms with Crippen molar-refractivity contribution >= 4 is 15.9 Å². The van der Waals surface area contributed by atoms with Crippen LogP contribution in [0.15, 0.2) is 4.47 Å². The van der Waals surface area contributed by atoms with E-state index in [1.807, 2.05) is 6.92 Å². The molecule has 0 unspecified atom stereocenters. The first kappa shape index (κ1) is 13.7. The van der Waals surface area contributed by atoms with Crippen molar-refractivity contribution in [2.24, 2.45) is 0 Å². The molecule has 0 fully saturated rings. The minimum absolute atomic E-state index is 0.204. The van der Waals surface area contributed by atoms with Crippen LogP contribution in [0.5, 0.6) is 0 Å². The number of hydrogen-bond donors (Lipinski definition) is 1. The smallest absolute Gasteiger partial charge is 0.0738 e. The second kappa shape index (κ2) is 5.32. The highest BCUT2D eigenvalue weighted by Gasteiger charge is 2.10. The molecule has 0 saturated heterocycles. The lowest BCUT2D eigenvalue weighted by Gasteiger charge is -2.20. The first-order valence-corrected chi connectivity index (χ1v) is 6.55. The zero-order valence-electron chi connectivity index (χ0n) is 10.9. The minimum Gasteiger partial charge on any atom is -0.312 e. The van der Waals surface area contributed by atoms with Crippen molar-refractivity contribution in [3.05, 3.63) is 15.9 Å². The van der Waals surface area contributed by atoms with Gasteiger partial charge in [0.25, 0.3) is 0 Å². The van der Waals surface area contributed by atoms with Gasteiger partial charge in [-0.25, -0.2) is 0 Å². The summed E-state index contributed by atoms with van der Waals surface area (Å²) in [6.07, 6.45) is 1.10. The summed E-state index contributed by atoms with van der Waals surface area (Å²) in [6.45, 7) is 12.7. The second-order valence-electron chi connectivity index (χ2n) is 5.24. The molecule has 3 nitrogen and oxygen atoms in total. The summed E-state index contributed by atoms with van der Waals surface area (Å²) in [7, 11) is 0. The van der Waals surface area contributed by atoms with Crippen LogP contribution in [0, 0.1) is 13.8 Å². The Morgan fingerprint density at radius 3 is 2.38 bits per heavy atom. The van der Waals surface area contributed by atoms with E-state index in [0.717, 1.165) is 29.7 Å². The van der Waals surface area contributed by atoms with Gasteiger partial charge in [-0.1, -0.05) is 0 Å². The van der Waals surface area contributed by atoms with Gasteiger partial charge in [-0.05, 0) is 63.5 Å². The van der Waals surface area contributed by atoms with Crippen molar-refractivity contribution in [1.82, 2.24) is 15.1 Å². The molecule has 4 heteroatoms. The highest BCUT2D eigenvalue weighted by Crippen LogP contribution is 2.19. The summed E-state index contributed by atoms with van der Waals surface area (Å²) in [6, 6.07) is 0. The summed E-state index contributed by atoms with van der Waals surface area (Å²) in [5, 5.41) is 7.97. The van der Waals surface area contributed by atoms with Gasteiger partial charge in [0.15, 0.2) is 0 Å². The Morgan fingerprint density at radius 2 is 1.94 bits per heavy atom. The molecular weight excluding hydrogens is 266 g/mol. The number of hydrogen-bond acceptors (Lipinski definition) is 2. The van der Waals surface area contributed by atoms with E-state index in [2.05, 4.69) is 58.7 Å². The van der Waals surface area contributed by atoms with Gasteiger partial charge in [-0.2, -0.15) is 5.10 Å². The van der Waals surface area contributed by atoms with Crippen molar-refractivity contribution in [2.75, 3.05) is 6.54 Å². The standard InChI is InChI=1S/C12H22BrN3/c1-9-11(13)10(2)16(15-9)8-6-7-14-12(3,4)5/h14H,6-8H2,1-5H3. The molecule has 0 aliphatic heterocycles. The van der Waals surface area contributed by atoms with Crippen molar-refractivity contribution < 1.29 is 0 Å². The second-order valence-corrected chi connectivity index (χ2v) is 6.03. The molecule has 92 valence electrons. The normalized spacial score (nSPS) is 12.1. The molecule has 16 heavy (non-hydrogen) atoms. The van der Waals surface area contributed by atoms with E-state index in [9.17, 15) is 0 Å². The largest absolute Gasteiger partial charge is 0.312 e. The van der Waals surface area contributed by atoms with Gasteiger partial charge in [-0.15, -0.1) is 0 Å². The molecule has 0 aliphatic rings. The molecule has 1 heterocycles. The Kier molecular flexibility index (Phi) is 4.56. The molecule has 0 saturated carbocycles. The third kappa shape index (κ3) is 3.91. The molecule has 0 aliphatic carbocycles. The molecule has 0 aromatic carbocycles. The SMILES string of the molecule is Cc1nn(CCCNC(C)(C)C)c(C)c1Br. The van der Waals surface area contributed by atoms with Gasteiger partial charge in [-0.3, -0.25) is 4.68 Å². The third-order valence-corrected chi connectivity index (χ3v) is 3.64. The lowest BCUT2D eigenvalue weighted by atomic mass is 10.1. The van der Waals surface area contributed by atoms with Gasteiger partial charge in [0.2, 0.25) is 0 Å². The Hall–Kier alpha value is -0.350. The zero-order chi connectivity index (χ0) is 12.3. The maximum absolute atomic E-state index is 4.49. The van der Waals surface area contributed by atoms with Crippen molar-refractivity contribution in [3.8, 4) is 0 Å². The molecule has 0 radical (unpaired) electrons. The number of rotatable bonds is 4. The lowest BCUT2D eigenvalue weighted by molar-refractivity contribution is 0.408. The fraction of sp³-hybridized carbons (Fsp3) is 0.750. The van der Waals surface area contributed by atoms with Crippen LogP contribution in [-0.4, -0.2) is 21.9 Å². The van der Waals surface area contributed by atoms with Crippen LogP contribution in [0.2, 0.25) is 0 Å². The summed E-state index contributed by atoms with van der Waals surface area (Å²) in [4.78, 5) is 0. The molecule has 1 aromatic heterocycles. The van der Waals surface area contributed by atoms with E-state index in [0.29, 0.717) is 0 Å². The molecule has 1 rings (SSSR count). The van der Waals surface area contributed by atoms with Gasteiger partial charge >= 0.3 is 0 Å². The van der Waals surface area contributed by atoms with E-state index in [-0.39, 0.29) is 5.54 Å². The summed E-state index contributed by atoms with van der Waals surface area (Å²) in [5.74, 6) is 0. The highest BCUT2D eigenvalue weighted by atomic mass is 79.9. The molecule has 1 N–H and O–H groups in total. The van der Waals surface area contributed by atoms with Crippen molar-refractivity contribution in [1.29, 1.82) is 0 Å². The maximum Gasteiger partial charge on any atom is 0.0738 e. The molecular formula is C12H22BrN3. The predicted octanol–water partition coefficient (Wildman–Crippen LogP) is 3.04. The van der Waals surface area contributed by atoms with E-state index in [4.69, 9.17) is 0 Å². The minimum atomic E-state index is 0.204. The molecule has 1 aromatic rings. The third-order valence-electron chi connectivity index (χ3n) is 2.50. The van der Waals surface area contributed by atoms with Crippen LogP contribution in [0.4, 0.5) is 0 Å². The average Bonchev–Trinajstić information content (AvgIpc) is 2.40. The van der Waals surface area contributed by atoms with Gasteiger partial charge in [0.05, 0.1) is 10.2 Å². The van der Waals surface area contributed by atoms with E-state index in [1.54, 1.807) is 0 Å². The quantitative estimate of drug-likeness (QED) is 0.863. The van der Waals surface area contributed by atoms with Gasteiger partial charge < -0.3 is 5.32 Å². The Labute approximate surface area is 107 Å². The summed E-state index contributed by atoms with van der Waals surface area (Å²) < 4.78 is 3.21. The molecule has 0 bridgehead atoms. The molecule has 0 amide bonds. The number of halogens is 1. The highest BCUT2D eigenvalue weighted by molar-refractivity contribution is 9.10. The Morgan fingerprint density at radius 1 is 1.31 bits per heavy atom. The average molecular weight is 288 g/mol. The van der Waals surface area contributed by atoms with Crippen LogP contribution in [0.25, 0.3) is 0 Å².